The van der Waals surface area contributed by atoms with Gasteiger partial charge in [-0.25, -0.2) is 0 Å². The largest absolute Gasteiger partial charge is 0.395 e. The van der Waals surface area contributed by atoms with Crippen LogP contribution in [0.5, 0.6) is 0 Å². The smallest absolute Gasteiger partial charge is 0.175 e. The molecule has 3 atom stereocenters. The molecule has 2 N–H and O–H groups in total. The van der Waals surface area contributed by atoms with Gasteiger partial charge in [0.15, 0.2) is 5.79 Å². The summed E-state index contributed by atoms with van der Waals surface area (Å²) in [5.41, 5.74) is 0.488. The Morgan fingerprint density at radius 2 is 2.13 bits per heavy atom. The molecule has 1 spiro atoms. The predicted molar refractivity (Wildman–Crippen MR) is 90.2 cm³/mol. The van der Waals surface area contributed by atoms with Gasteiger partial charge in [0, 0.05) is 24.8 Å². The van der Waals surface area contributed by atoms with Crippen LogP contribution in [-0.4, -0.2) is 66.0 Å². The molecule has 3 unspecified atom stereocenters. The van der Waals surface area contributed by atoms with Gasteiger partial charge in [-0.15, -0.1) is 0 Å². The molecule has 0 bridgehead atoms. The highest BCUT2D eigenvalue weighted by Crippen LogP contribution is 2.42. The summed E-state index contributed by atoms with van der Waals surface area (Å²) in [5.74, 6) is -0.690. The molecule has 0 aromatic carbocycles. The first-order valence-electron chi connectivity index (χ1n) is 8.89. The third-order valence-electron chi connectivity index (χ3n) is 5.04. The molecule has 2 rings (SSSR count). The molecule has 23 heavy (non-hydrogen) atoms. The lowest BCUT2D eigenvalue weighted by molar-refractivity contribution is -0.188. The maximum absolute atomic E-state index is 10.5. The fourth-order valence-corrected chi connectivity index (χ4v) is 3.61. The molecule has 0 aromatic rings. The summed E-state index contributed by atoms with van der Waals surface area (Å²) < 4.78 is 12.2. The molecule has 1 aliphatic heterocycles. The van der Waals surface area contributed by atoms with Crippen molar-refractivity contribution >= 4 is 0 Å². The van der Waals surface area contributed by atoms with Crippen LogP contribution in [0.2, 0.25) is 0 Å². The Morgan fingerprint density at radius 1 is 1.39 bits per heavy atom. The number of hydrogen-bond donors (Lipinski definition) is 2. The van der Waals surface area contributed by atoms with E-state index >= 15 is 0 Å². The Kier molecular flexibility index (Phi) is 6.25. The van der Waals surface area contributed by atoms with Crippen LogP contribution in [-0.2, 0) is 9.47 Å². The Labute approximate surface area is 140 Å². The molecule has 1 saturated heterocycles. The van der Waals surface area contributed by atoms with Crippen molar-refractivity contribution in [1.82, 2.24) is 4.90 Å². The molecular formula is C18H33NO4. The Hall–Kier alpha value is -0.460. The van der Waals surface area contributed by atoms with Crippen molar-refractivity contribution in [2.75, 3.05) is 32.8 Å². The van der Waals surface area contributed by atoms with Crippen molar-refractivity contribution in [3.8, 4) is 0 Å². The van der Waals surface area contributed by atoms with Gasteiger partial charge in [-0.3, -0.25) is 0 Å². The highest BCUT2D eigenvalue weighted by molar-refractivity contribution is 5.22. The lowest BCUT2D eigenvalue weighted by Gasteiger charge is -2.39. The van der Waals surface area contributed by atoms with Crippen LogP contribution in [0.4, 0.5) is 0 Å². The van der Waals surface area contributed by atoms with Crippen LogP contribution in [0.15, 0.2) is 11.6 Å². The summed E-state index contributed by atoms with van der Waals surface area (Å²) in [6.07, 6.45) is 3.65. The summed E-state index contributed by atoms with van der Waals surface area (Å²) in [5, 5.41) is 20.0. The highest BCUT2D eigenvalue weighted by Gasteiger charge is 2.47. The fraction of sp³-hybridized carbons (Fsp3) is 0.889. The molecular weight excluding hydrogens is 294 g/mol. The van der Waals surface area contributed by atoms with Gasteiger partial charge in [0.2, 0.25) is 0 Å². The van der Waals surface area contributed by atoms with Gasteiger partial charge < -0.3 is 24.6 Å². The summed E-state index contributed by atoms with van der Waals surface area (Å²) in [6, 6.07) is 0. The zero-order chi connectivity index (χ0) is 17.1. The van der Waals surface area contributed by atoms with Crippen LogP contribution < -0.4 is 0 Å². The van der Waals surface area contributed by atoms with Crippen LogP contribution in [0.3, 0.4) is 0 Å². The van der Waals surface area contributed by atoms with Crippen molar-refractivity contribution in [3.05, 3.63) is 11.6 Å². The van der Waals surface area contributed by atoms with Crippen molar-refractivity contribution < 1.29 is 19.7 Å². The van der Waals surface area contributed by atoms with E-state index in [4.69, 9.17) is 9.47 Å². The van der Waals surface area contributed by atoms with Crippen LogP contribution in [0.25, 0.3) is 0 Å². The fourth-order valence-electron chi connectivity index (χ4n) is 3.61. The lowest BCUT2D eigenvalue weighted by atomic mass is 9.76. The van der Waals surface area contributed by atoms with Gasteiger partial charge in [-0.05, 0) is 25.1 Å². The van der Waals surface area contributed by atoms with E-state index in [2.05, 4.69) is 18.7 Å². The molecule has 1 aliphatic carbocycles. The second kappa shape index (κ2) is 7.62. The monoisotopic (exact) mass is 327 g/mol. The first-order chi connectivity index (χ1) is 10.9. The number of hydrogen-bond acceptors (Lipinski definition) is 5. The number of nitrogens with zero attached hydrogens (tertiary/aromatic N) is 1. The number of ether oxygens (including phenoxy) is 2. The zero-order valence-corrected chi connectivity index (χ0v) is 15.0. The van der Waals surface area contributed by atoms with E-state index in [1.807, 2.05) is 19.9 Å². The van der Waals surface area contributed by atoms with E-state index in [1.54, 1.807) is 0 Å². The van der Waals surface area contributed by atoms with Crippen LogP contribution in [0.1, 0.15) is 47.0 Å². The Balaban J connectivity index is 1.98. The van der Waals surface area contributed by atoms with Gasteiger partial charge >= 0.3 is 0 Å². The molecule has 134 valence electrons. The Morgan fingerprint density at radius 3 is 2.70 bits per heavy atom. The number of rotatable bonds is 7. The van der Waals surface area contributed by atoms with E-state index in [0.717, 1.165) is 31.6 Å². The summed E-state index contributed by atoms with van der Waals surface area (Å²) in [6.45, 7) is 11.8. The molecule has 0 amide bonds. The van der Waals surface area contributed by atoms with Crippen molar-refractivity contribution in [2.24, 2.45) is 5.41 Å². The maximum Gasteiger partial charge on any atom is 0.175 e. The van der Waals surface area contributed by atoms with Crippen molar-refractivity contribution in [1.29, 1.82) is 0 Å². The van der Waals surface area contributed by atoms with Gasteiger partial charge in [0.25, 0.3) is 0 Å². The van der Waals surface area contributed by atoms with Gasteiger partial charge in [-0.1, -0.05) is 33.8 Å². The van der Waals surface area contributed by atoms with E-state index in [0.29, 0.717) is 19.4 Å². The van der Waals surface area contributed by atoms with Crippen molar-refractivity contribution in [3.63, 3.8) is 0 Å². The molecule has 0 aromatic heterocycles. The molecule has 5 nitrogen and oxygen atoms in total. The van der Waals surface area contributed by atoms with Gasteiger partial charge in [0.05, 0.1) is 25.4 Å². The predicted octanol–water partition coefficient (Wildman–Crippen LogP) is 1.93. The Bertz CT molecular complexity index is 423. The minimum atomic E-state index is -0.690. The number of aliphatic hydroxyl groups excluding tert-OH is 2. The minimum Gasteiger partial charge on any atom is -0.395 e. The van der Waals surface area contributed by atoms with E-state index in [1.165, 1.54) is 0 Å². The molecule has 1 heterocycles. The van der Waals surface area contributed by atoms with Crippen LogP contribution >= 0.6 is 0 Å². The van der Waals surface area contributed by atoms with Crippen molar-refractivity contribution in [2.45, 2.75) is 65.0 Å². The standard InChI is InChI=1S/C18H33NO4/c1-5-9-19(6-2)11-14-12-22-18(23-14)8-7-15(16(21)10-18)17(3,4)13-20/h7,14,16,20-21H,5-6,8-13H2,1-4H3. The van der Waals surface area contributed by atoms with E-state index < -0.39 is 17.3 Å². The summed E-state index contributed by atoms with van der Waals surface area (Å²) in [4.78, 5) is 2.38. The first kappa shape index (κ1) is 18.9. The SMILES string of the molecule is CCCN(CC)CC1COC2(CC=C(C(C)(C)CO)C(O)C2)O1. The zero-order valence-electron chi connectivity index (χ0n) is 15.0. The summed E-state index contributed by atoms with van der Waals surface area (Å²) >= 11 is 0. The molecule has 0 radical (unpaired) electrons. The number of aliphatic hydroxyl groups is 2. The van der Waals surface area contributed by atoms with E-state index in [-0.39, 0.29) is 12.7 Å². The lowest BCUT2D eigenvalue weighted by Crippen LogP contribution is -2.43. The van der Waals surface area contributed by atoms with Gasteiger partial charge in [-0.2, -0.15) is 0 Å². The normalized spacial score (nSPS) is 31.9. The number of likely N-dealkylation sites (N-methyl/N-ethyl adjacent to an activating group) is 1. The first-order valence-corrected chi connectivity index (χ1v) is 8.89. The average molecular weight is 327 g/mol. The topological polar surface area (TPSA) is 62.2 Å². The van der Waals surface area contributed by atoms with E-state index in [9.17, 15) is 10.2 Å². The molecule has 5 heteroatoms. The van der Waals surface area contributed by atoms with Crippen LogP contribution in [0, 0.1) is 5.41 Å². The molecule has 0 saturated carbocycles. The maximum atomic E-state index is 10.5. The molecule has 2 aliphatic rings. The second-order valence-electron chi connectivity index (χ2n) is 7.48. The molecule has 1 fully saturated rings. The quantitative estimate of drug-likeness (QED) is 0.700. The highest BCUT2D eigenvalue weighted by atomic mass is 16.7. The average Bonchev–Trinajstić information content (AvgIpc) is 2.88. The van der Waals surface area contributed by atoms with Gasteiger partial charge in [0.1, 0.15) is 0 Å². The minimum absolute atomic E-state index is 0.0235. The second-order valence-corrected chi connectivity index (χ2v) is 7.48. The third kappa shape index (κ3) is 4.34. The third-order valence-corrected chi connectivity index (χ3v) is 5.04. The summed E-state index contributed by atoms with van der Waals surface area (Å²) in [7, 11) is 0.